The van der Waals surface area contributed by atoms with Gasteiger partial charge in [-0.2, -0.15) is 0 Å². The maximum Gasteiger partial charge on any atom is 0.307 e. The lowest BCUT2D eigenvalue weighted by atomic mass is 10.1. The van der Waals surface area contributed by atoms with Crippen LogP contribution in [-0.4, -0.2) is 41.4 Å². The SMILES string of the molecule is CCCOC(=O)CCN1C(=O)/C(=C/c2ccc(OCc3ccc(Cl)cc3)c(OC)c2)SC1=S. The Hall–Kier alpha value is -2.55. The Labute approximate surface area is 207 Å². The fourth-order valence-corrected chi connectivity index (χ4v) is 4.40. The highest BCUT2D eigenvalue weighted by Crippen LogP contribution is 2.35. The van der Waals surface area contributed by atoms with Gasteiger partial charge in [-0.3, -0.25) is 14.5 Å². The highest BCUT2D eigenvalue weighted by Gasteiger charge is 2.32. The van der Waals surface area contributed by atoms with E-state index < -0.39 is 0 Å². The summed E-state index contributed by atoms with van der Waals surface area (Å²) in [4.78, 5) is 26.4. The van der Waals surface area contributed by atoms with Crippen LogP contribution < -0.4 is 9.47 Å². The molecule has 0 spiro atoms. The van der Waals surface area contributed by atoms with Crippen LogP contribution in [0, 0.1) is 0 Å². The molecular weight excluding hydrogens is 482 g/mol. The molecular formula is C24H24ClNO5S2. The normalized spacial score (nSPS) is 14.6. The Bertz CT molecular complexity index is 1060. The molecule has 0 unspecified atom stereocenters. The molecule has 1 aliphatic heterocycles. The summed E-state index contributed by atoms with van der Waals surface area (Å²) in [5.41, 5.74) is 1.75. The van der Waals surface area contributed by atoms with Gasteiger partial charge >= 0.3 is 5.97 Å². The second-order valence-corrected chi connectivity index (χ2v) is 9.24. The van der Waals surface area contributed by atoms with Crippen molar-refractivity contribution in [3.05, 3.63) is 63.5 Å². The van der Waals surface area contributed by atoms with E-state index in [0.29, 0.717) is 39.0 Å². The molecule has 0 aromatic heterocycles. The average molecular weight is 506 g/mol. The fourth-order valence-electron chi connectivity index (χ4n) is 2.97. The van der Waals surface area contributed by atoms with Crippen molar-refractivity contribution in [1.29, 1.82) is 0 Å². The van der Waals surface area contributed by atoms with Gasteiger partial charge in [0.1, 0.15) is 10.9 Å². The number of thioether (sulfide) groups is 1. The molecule has 0 bridgehead atoms. The molecule has 1 heterocycles. The van der Waals surface area contributed by atoms with E-state index in [9.17, 15) is 9.59 Å². The van der Waals surface area contributed by atoms with Gasteiger partial charge in [-0.05, 0) is 47.9 Å². The molecule has 0 N–H and O–H groups in total. The number of benzene rings is 2. The van der Waals surface area contributed by atoms with E-state index >= 15 is 0 Å². The monoisotopic (exact) mass is 505 g/mol. The summed E-state index contributed by atoms with van der Waals surface area (Å²) in [6, 6.07) is 12.9. The molecule has 0 aliphatic carbocycles. The van der Waals surface area contributed by atoms with Crippen molar-refractivity contribution >= 4 is 57.9 Å². The molecule has 1 aliphatic rings. The van der Waals surface area contributed by atoms with Crippen LogP contribution in [0.1, 0.15) is 30.9 Å². The summed E-state index contributed by atoms with van der Waals surface area (Å²) < 4.78 is 16.8. The highest BCUT2D eigenvalue weighted by atomic mass is 35.5. The molecule has 1 fully saturated rings. The molecule has 0 atom stereocenters. The van der Waals surface area contributed by atoms with E-state index in [1.165, 1.54) is 16.7 Å². The summed E-state index contributed by atoms with van der Waals surface area (Å²) in [7, 11) is 1.56. The van der Waals surface area contributed by atoms with Crippen molar-refractivity contribution in [1.82, 2.24) is 4.90 Å². The van der Waals surface area contributed by atoms with Crippen LogP contribution in [0.15, 0.2) is 47.4 Å². The highest BCUT2D eigenvalue weighted by molar-refractivity contribution is 8.26. The lowest BCUT2D eigenvalue weighted by Gasteiger charge is -2.13. The first-order valence-corrected chi connectivity index (χ1v) is 12.0. The van der Waals surface area contributed by atoms with Gasteiger partial charge in [0, 0.05) is 11.6 Å². The minimum Gasteiger partial charge on any atom is -0.493 e. The first-order valence-electron chi connectivity index (χ1n) is 10.4. The van der Waals surface area contributed by atoms with Gasteiger partial charge in [0.15, 0.2) is 11.5 Å². The zero-order chi connectivity index (χ0) is 23.8. The number of nitrogens with zero attached hydrogens (tertiary/aromatic N) is 1. The number of hydrogen-bond donors (Lipinski definition) is 0. The summed E-state index contributed by atoms with van der Waals surface area (Å²) in [5.74, 6) is 0.568. The lowest BCUT2D eigenvalue weighted by Crippen LogP contribution is -2.30. The number of amides is 1. The number of carbonyl (C=O) groups is 2. The quantitative estimate of drug-likeness (QED) is 0.241. The zero-order valence-electron chi connectivity index (χ0n) is 18.3. The van der Waals surface area contributed by atoms with E-state index in [2.05, 4.69) is 0 Å². The third kappa shape index (κ3) is 6.96. The molecule has 9 heteroatoms. The minimum absolute atomic E-state index is 0.104. The van der Waals surface area contributed by atoms with E-state index in [4.69, 9.17) is 38.0 Å². The number of halogens is 1. The van der Waals surface area contributed by atoms with Gasteiger partial charge < -0.3 is 14.2 Å². The van der Waals surface area contributed by atoms with Gasteiger partial charge in [-0.25, -0.2) is 0 Å². The number of carbonyl (C=O) groups excluding carboxylic acids is 2. The number of esters is 1. The molecule has 174 valence electrons. The Morgan fingerprint density at radius 2 is 1.94 bits per heavy atom. The standard InChI is InChI=1S/C24H24ClNO5S2/c1-3-12-30-22(27)10-11-26-23(28)21(33-24(26)32)14-17-6-9-19(20(13-17)29-2)31-15-16-4-7-18(25)8-5-16/h4-9,13-14H,3,10-12,15H2,1-2H3/b21-14-. The topological polar surface area (TPSA) is 65.1 Å². The predicted molar refractivity (Wildman–Crippen MR) is 135 cm³/mol. The summed E-state index contributed by atoms with van der Waals surface area (Å²) >= 11 is 12.5. The van der Waals surface area contributed by atoms with Gasteiger partial charge in [-0.15, -0.1) is 0 Å². The largest absolute Gasteiger partial charge is 0.493 e. The Balaban J connectivity index is 1.65. The third-order valence-corrected chi connectivity index (χ3v) is 6.30. The molecule has 0 saturated carbocycles. The minimum atomic E-state index is -0.339. The fraction of sp³-hybridized carbons (Fsp3) is 0.292. The van der Waals surface area contributed by atoms with Gasteiger partial charge in [0.2, 0.25) is 0 Å². The first-order chi connectivity index (χ1) is 15.9. The smallest absolute Gasteiger partial charge is 0.307 e. The van der Waals surface area contributed by atoms with E-state index in [1.54, 1.807) is 25.3 Å². The maximum absolute atomic E-state index is 12.8. The number of methoxy groups -OCH3 is 1. The molecule has 33 heavy (non-hydrogen) atoms. The molecule has 1 saturated heterocycles. The van der Waals surface area contributed by atoms with Crippen molar-refractivity contribution in [3.8, 4) is 11.5 Å². The molecule has 6 nitrogen and oxygen atoms in total. The Morgan fingerprint density at radius 1 is 1.18 bits per heavy atom. The van der Waals surface area contributed by atoms with Gasteiger partial charge in [-0.1, -0.05) is 60.7 Å². The maximum atomic E-state index is 12.8. The van der Waals surface area contributed by atoms with Crippen molar-refractivity contribution in [2.45, 2.75) is 26.4 Å². The zero-order valence-corrected chi connectivity index (χ0v) is 20.7. The van der Waals surface area contributed by atoms with Crippen LogP contribution in [0.25, 0.3) is 6.08 Å². The Morgan fingerprint density at radius 3 is 2.64 bits per heavy atom. The molecule has 1 amide bonds. The number of thiocarbonyl (C=S) groups is 1. The van der Waals surface area contributed by atoms with Crippen LogP contribution in [0.3, 0.4) is 0 Å². The van der Waals surface area contributed by atoms with Crippen molar-refractivity contribution in [2.75, 3.05) is 20.3 Å². The van der Waals surface area contributed by atoms with Crippen molar-refractivity contribution in [3.63, 3.8) is 0 Å². The molecule has 2 aromatic rings. The second-order valence-electron chi connectivity index (χ2n) is 7.13. The van der Waals surface area contributed by atoms with Crippen LogP contribution in [0.5, 0.6) is 11.5 Å². The van der Waals surface area contributed by atoms with E-state index in [-0.39, 0.29) is 24.8 Å². The van der Waals surface area contributed by atoms with E-state index in [1.807, 2.05) is 37.3 Å². The summed E-state index contributed by atoms with van der Waals surface area (Å²) in [6.07, 6.45) is 2.61. The molecule has 0 radical (unpaired) electrons. The van der Waals surface area contributed by atoms with Gasteiger partial charge in [0.25, 0.3) is 5.91 Å². The molecule has 3 rings (SSSR count). The first kappa shape index (κ1) is 25.1. The van der Waals surface area contributed by atoms with Crippen LogP contribution in [0.4, 0.5) is 0 Å². The number of rotatable bonds is 10. The third-order valence-electron chi connectivity index (χ3n) is 4.67. The lowest BCUT2D eigenvalue weighted by molar-refractivity contribution is -0.143. The molecule has 2 aromatic carbocycles. The number of ether oxygens (including phenoxy) is 3. The number of hydrogen-bond acceptors (Lipinski definition) is 7. The van der Waals surface area contributed by atoms with Crippen LogP contribution >= 0.6 is 35.6 Å². The average Bonchev–Trinajstić information content (AvgIpc) is 3.08. The van der Waals surface area contributed by atoms with E-state index in [0.717, 1.165) is 17.5 Å². The van der Waals surface area contributed by atoms with Crippen LogP contribution in [0.2, 0.25) is 5.02 Å². The van der Waals surface area contributed by atoms with Gasteiger partial charge in [0.05, 0.1) is 25.0 Å². The van der Waals surface area contributed by atoms with Crippen LogP contribution in [-0.2, 0) is 20.9 Å². The second kappa shape index (κ2) is 12.1. The van der Waals surface area contributed by atoms with Crippen molar-refractivity contribution in [2.24, 2.45) is 0 Å². The predicted octanol–water partition coefficient (Wildman–Crippen LogP) is 5.47. The summed E-state index contributed by atoms with van der Waals surface area (Å²) in [5, 5.41) is 0.669. The van der Waals surface area contributed by atoms with Crippen molar-refractivity contribution < 1.29 is 23.8 Å². The Kier molecular flexibility index (Phi) is 9.17. The summed E-state index contributed by atoms with van der Waals surface area (Å²) in [6.45, 7) is 2.86.